The van der Waals surface area contributed by atoms with E-state index in [4.69, 9.17) is 4.74 Å². The Morgan fingerprint density at radius 1 is 1.11 bits per heavy atom. The topological polar surface area (TPSA) is 61.9 Å². The number of benzene rings is 2. The molecule has 2 aromatic carbocycles. The van der Waals surface area contributed by atoms with E-state index >= 15 is 0 Å². The molecule has 142 valence electrons. The first-order chi connectivity index (χ1) is 13.0. The number of rotatable bonds is 6. The fourth-order valence-corrected chi connectivity index (χ4v) is 2.81. The number of ether oxygens (including phenoxy) is 1. The standard InChI is InChI=1S/C19H19F2N3O3/c1-2-27-15-6-4-14(5-7-15)24-10-9-23(19(24)26)12-18(25)22-13-3-8-16(20)17(21)11-13/h3-8,11H,2,9-10,12H2,1H3,(H,22,25). The smallest absolute Gasteiger partial charge is 0.325 e. The minimum atomic E-state index is -1.05. The Labute approximate surface area is 155 Å². The number of hydrogen-bond donors (Lipinski definition) is 1. The molecule has 0 aliphatic carbocycles. The van der Waals surface area contributed by atoms with E-state index in [1.54, 1.807) is 29.2 Å². The fraction of sp³-hybridized carbons (Fsp3) is 0.263. The molecule has 3 rings (SSSR count). The predicted octanol–water partition coefficient (Wildman–Crippen LogP) is 3.24. The van der Waals surface area contributed by atoms with E-state index in [-0.39, 0.29) is 18.3 Å². The molecule has 0 atom stereocenters. The number of carbonyl (C=O) groups is 2. The highest BCUT2D eigenvalue weighted by Gasteiger charge is 2.30. The van der Waals surface area contributed by atoms with Crippen molar-refractivity contribution in [1.82, 2.24) is 4.90 Å². The Morgan fingerprint density at radius 2 is 1.85 bits per heavy atom. The second-order valence-electron chi connectivity index (χ2n) is 5.96. The Hall–Kier alpha value is -3.16. The summed E-state index contributed by atoms with van der Waals surface area (Å²) in [7, 11) is 0. The molecule has 1 aliphatic rings. The van der Waals surface area contributed by atoms with Crippen LogP contribution in [0.15, 0.2) is 42.5 Å². The van der Waals surface area contributed by atoms with Crippen LogP contribution in [-0.2, 0) is 4.79 Å². The third-order valence-corrected chi connectivity index (χ3v) is 4.09. The predicted molar refractivity (Wildman–Crippen MR) is 96.9 cm³/mol. The van der Waals surface area contributed by atoms with Gasteiger partial charge in [-0.05, 0) is 43.3 Å². The molecule has 1 saturated heterocycles. The molecule has 0 radical (unpaired) electrons. The molecule has 1 heterocycles. The van der Waals surface area contributed by atoms with Crippen molar-refractivity contribution >= 4 is 23.3 Å². The summed E-state index contributed by atoms with van der Waals surface area (Å²) in [6.45, 7) is 3.11. The summed E-state index contributed by atoms with van der Waals surface area (Å²) >= 11 is 0. The van der Waals surface area contributed by atoms with E-state index in [0.29, 0.717) is 25.4 Å². The Balaban J connectivity index is 1.59. The van der Waals surface area contributed by atoms with Gasteiger partial charge < -0.3 is 15.0 Å². The van der Waals surface area contributed by atoms with Gasteiger partial charge in [0.15, 0.2) is 11.6 Å². The SMILES string of the molecule is CCOc1ccc(N2CCN(CC(=O)Nc3ccc(F)c(F)c3)C2=O)cc1. The lowest BCUT2D eigenvalue weighted by molar-refractivity contribution is -0.116. The molecule has 0 saturated carbocycles. The summed E-state index contributed by atoms with van der Waals surface area (Å²) in [4.78, 5) is 27.6. The maximum absolute atomic E-state index is 13.2. The Morgan fingerprint density at radius 3 is 2.52 bits per heavy atom. The second-order valence-corrected chi connectivity index (χ2v) is 5.96. The van der Waals surface area contributed by atoms with Crippen LogP contribution in [0.3, 0.4) is 0 Å². The van der Waals surface area contributed by atoms with Gasteiger partial charge in [0.05, 0.1) is 6.61 Å². The fourth-order valence-electron chi connectivity index (χ4n) is 2.81. The van der Waals surface area contributed by atoms with Crippen molar-refractivity contribution in [3.63, 3.8) is 0 Å². The summed E-state index contributed by atoms with van der Waals surface area (Å²) in [5.74, 6) is -1.81. The lowest BCUT2D eigenvalue weighted by atomic mass is 10.3. The number of amides is 3. The highest BCUT2D eigenvalue weighted by molar-refractivity contribution is 5.99. The first-order valence-electron chi connectivity index (χ1n) is 8.52. The largest absolute Gasteiger partial charge is 0.494 e. The van der Waals surface area contributed by atoms with Gasteiger partial charge in [-0.15, -0.1) is 0 Å². The number of halogens is 2. The van der Waals surface area contributed by atoms with E-state index in [2.05, 4.69) is 5.32 Å². The van der Waals surface area contributed by atoms with E-state index in [9.17, 15) is 18.4 Å². The van der Waals surface area contributed by atoms with Crippen molar-refractivity contribution in [3.05, 3.63) is 54.1 Å². The maximum atomic E-state index is 13.2. The van der Waals surface area contributed by atoms with Crippen LogP contribution < -0.4 is 15.0 Å². The Bertz CT molecular complexity index is 843. The van der Waals surface area contributed by atoms with Crippen LogP contribution in [0.4, 0.5) is 25.0 Å². The average molecular weight is 375 g/mol. The molecule has 0 unspecified atom stereocenters. The second kappa shape index (κ2) is 8.03. The van der Waals surface area contributed by atoms with Gasteiger partial charge in [0, 0.05) is 30.5 Å². The van der Waals surface area contributed by atoms with Crippen molar-refractivity contribution < 1.29 is 23.1 Å². The number of urea groups is 1. The quantitative estimate of drug-likeness (QED) is 0.843. The maximum Gasteiger partial charge on any atom is 0.325 e. The van der Waals surface area contributed by atoms with Crippen LogP contribution in [0.5, 0.6) is 5.75 Å². The first kappa shape index (κ1) is 18.6. The van der Waals surface area contributed by atoms with E-state index in [1.165, 1.54) is 11.0 Å². The molecule has 0 bridgehead atoms. The highest BCUT2D eigenvalue weighted by atomic mass is 19.2. The van der Waals surface area contributed by atoms with Gasteiger partial charge >= 0.3 is 6.03 Å². The van der Waals surface area contributed by atoms with Crippen LogP contribution in [0, 0.1) is 11.6 Å². The highest BCUT2D eigenvalue weighted by Crippen LogP contribution is 2.23. The molecule has 27 heavy (non-hydrogen) atoms. The van der Waals surface area contributed by atoms with Gasteiger partial charge in [-0.25, -0.2) is 13.6 Å². The van der Waals surface area contributed by atoms with Gasteiger partial charge in [0.1, 0.15) is 12.3 Å². The minimum Gasteiger partial charge on any atom is -0.494 e. The van der Waals surface area contributed by atoms with Crippen molar-refractivity contribution in [3.8, 4) is 5.75 Å². The number of anilines is 2. The molecule has 2 aromatic rings. The molecule has 3 amide bonds. The van der Waals surface area contributed by atoms with Crippen LogP contribution >= 0.6 is 0 Å². The molecular weight excluding hydrogens is 356 g/mol. The molecule has 1 N–H and O–H groups in total. The molecule has 0 aromatic heterocycles. The number of carbonyl (C=O) groups excluding carboxylic acids is 2. The monoisotopic (exact) mass is 375 g/mol. The van der Waals surface area contributed by atoms with E-state index in [0.717, 1.165) is 17.9 Å². The summed E-state index contributed by atoms with van der Waals surface area (Å²) in [5.41, 5.74) is 0.848. The third-order valence-electron chi connectivity index (χ3n) is 4.09. The molecule has 1 aliphatic heterocycles. The normalized spacial score (nSPS) is 13.8. The minimum absolute atomic E-state index is 0.133. The van der Waals surface area contributed by atoms with Crippen LogP contribution in [0.2, 0.25) is 0 Å². The summed E-state index contributed by atoms with van der Waals surface area (Å²) in [5, 5.41) is 2.46. The molecule has 1 fully saturated rings. The zero-order chi connectivity index (χ0) is 19.4. The third kappa shape index (κ3) is 4.33. The van der Waals surface area contributed by atoms with Crippen molar-refractivity contribution in [1.29, 1.82) is 0 Å². The van der Waals surface area contributed by atoms with Gasteiger partial charge in [0.25, 0.3) is 0 Å². The van der Waals surface area contributed by atoms with Gasteiger partial charge in [0.2, 0.25) is 5.91 Å². The van der Waals surface area contributed by atoms with Crippen molar-refractivity contribution in [2.24, 2.45) is 0 Å². The average Bonchev–Trinajstić information content (AvgIpc) is 3.00. The van der Waals surface area contributed by atoms with Gasteiger partial charge in [-0.3, -0.25) is 9.69 Å². The molecule has 8 heteroatoms. The van der Waals surface area contributed by atoms with Crippen LogP contribution in [-0.4, -0.2) is 43.1 Å². The number of hydrogen-bond acceptors (Lipinski definition) is 3. The molecule has 6 nitrogen and oxygen atoms in total. The lowest BCUT2D eigenvalue weighted by Gasteiger charge is -2.18. The van der Waals surface area contributed by atoms with Crippen LogP contribution in [0.25, 0.3) is 0 Å². The number of nitrogens with zero attached hydrogens (tertiary/aromatic N) is 2. The summed E-state index contributed by atoms with van der Waals surface area (Å²) in [6, 6.07) is 9.93. The Kier molecular flexibility index (Phi) is 5.54. The zero-order valence-corrected chi connectivity index (χ0v) is 14.7. The summed E-state index contributed by atoms with van der Waals surface area (Å²) < 4.78 is 31.5. The summed E-state index contributed by atoms with van der Waals surface area (Å²) in [6.07, 6.45) is 0. The zero-order valence-electron chi connectivity index (χ0n) is 14.7. The lowest BCUT2D eigenvalue weighted by Crippen LogP contribution is -2.37. The van der Waals surface area contributed by atoms with Crippen LogP contribution in [0.1, 0.15) is 6.92 Å². The van der Waals surface area contributed by atoms with Gasteiger partial charge in [-0.1, -0.05) is 0 Å². The molecular formula is C19H19F2N3O3. The first-order valence-corrected chi connectivity index (χ1v) is 8.52. The van der Waals surface area contributed by atoms with E-state index < -0.39 is 17.5 Å². The number of nitrogens with one attached hydrogen (secondary N) is 1. The van der Waals surface area contributed by atoms with Crippen molar-refractivity contribution in [2.75, 3.05) is 36.5 Å². The molecule has 0 spiro atoms. The van der Waals surface area contributed by atoms with Crippen molar-refractivity contribution in [2.45, 2.75) is 6.92 Å². The van der Waals surface area contributed by atoms with E-state index in [1.807, 2.05) is 6.92 Å². The van der Waals surface area contributed by atoms with Gasteiger partial charge in [-0.2, -0.15) is 0 Å².